The molecule has 0 aliphatic heterocycles. The Labute approximate surface area is 166 Å². The third-order valence-electron chi connectivity index (χ3n) is 3.83. The molecule has 2 heterocycles. The lowest BCUT2D eigenvalue weighted by atomic mass is 10.1. The van der Waals surface area contributed by atoms with Crippen LogP contribution in [-0.2, 0) is 0 Å². The molecule has 0 saturated heterocycles. The van der Waals surface area contributed by atoms with E-state index >= 15 is 0 Å². The summed E-state index contributed by atoms with van der Waals surface area (Å²) in [6.45, 7) is 0. The van der Waals surface area contributed by atoms with Crippen molar-refractivity contribution in [3.8, 4) is 21.7 Å². The van der Waals surface area contributed by atoms with E-state index in [1.54, 1.807) is 23.7 Å². The number of nitrogens with zero attached hydrogens (tertiary/aromatic N) is 3. The van der Waals surface area contributed by atoms with Crippen molar-refractivity contribution in [1.82, 2.24) is 9.97 Å². The van der Waals surface area contributed by atoms with E-state index in [1.807, 2.05) is 60.7 Å². The van der Waals surface area contributed by atoms with Crippen molar-refractivity contribution < 1.29 is 0 Å². The van der Waals surface area contributed by atoms with Gasteiger partial charge in [0.1, 0.15) is 0 Å². The Balaban J connectivity index is 1.67. The SMILES string of the molecule is Clc1ccc(-c2sc(N/N=C/c3ccccn3)nc2-c2ccccc2)cc1. The second kappa shape index (κ2) is 8.12. The molecule has 0 saturated carbocycles. The average molecular weight is 391 g/mol. The second-order valence-electron chi connectivity index (χ2n) is 5.69. The number of hydrazone groups is 1. The van der Waals surface area contributed by atoms with Crippen LogP contribution in [0.3, 0.4) is 0 Å². The summed E-state index contributed by atoms with van der Waals surface area (Å²) in [4.78, 5) is 10.0. The molecule has 4 rings (SSSR count). The summed E-state index contributed by atoms with van der Waals surface area (Å²) in [7, 11) is 0. The molecular formula is C21H15ClN4S. The lowest BCUT2D eigenvalue weighted by molar-refractivity contribution is 1.26. The number of benzene rings is 2. The molecule has 0 bridgehead atoms. The van der Waals surface area contributed by atoms with Gasteiger partial charge in [-0.25, -0.2) is 4.98 Å². The minimum absolute atomic E-state index is 0.711. The molecule has 0 unspecified atom stereocenters. The van der Waals surface area contributed by atoms with Crippen molar-refractivity contribution in [3.63, 3.8) is 0 Å². The maximum atomic E-state index is 6.04. The van der Waals surface area contributed by atoms with Gasteiger partial charge in [0, 0.05) is 16.8 Å². The Morgan fingerprint density at radius 2 is 1.67 bits per heavy atom. The fourth-order valence-corrected chi connectivity index (χ4v) is 3.63. The van der Waals surface area contributed by atoms with Crippen molar-refractivity contribution in [2.75, 3.05) is 5.43 Å². The van der Waals surface area contributed by atoms with Crippen LogP contribution < -0.4 is 5.43 Å². The van der Waals surface area contributed by atoms with Crippen LogP contribution in [-0.4, -0.2) is 16.2 Å². The molecule has 2 aromatic heterocycles. The number of halogens is 1. The zero-order chi connectivity index (χ0) is 18.5. The van der Waals surface area contributed by atoms with Crippen molar-refractivity contribution in [3.05, 3.63) is 89.7 Å². The van der Waals surface area contributed by atoms with Crippen LogP contribution in [0.5, 0.6) is 0 Å². The minimum atomic E-state index is 0.711. The van der Waals surface area contributed by atoms with Crippen molar-refractivity contribution in [1.29, 1.82) is 0 Å². The predicted octanol–water partition coefficient (Wildman–Crippen LogP) is 5.97. The number of thiazole rings is 1. The molecular weight excluding hydrogens is 376 g/mol. The molecule has 132 valence electrons. The Hall–Kier alpha value is -3.02. The molecule has 4 aromatic rings. The number of nitrogens with one attached hydrogen (secondary N) is 1. The summed E-state index contributed by atoms with van der Waals surface area (Å²) in [5.41, 5.74) is 6.83. The molecule has 0 fully saturated rings. The van der Waals surface area contributed by atoms with Crippen LogP contribution in [0.1, 0.15) is 5.69 Å². The summed E-state index contributed by atoms with van der Waals surface area (Å²) in [6, 6.07) is 23.6. The van der Waals surface area contributed by atoms with Gasteiger partial charge < -0.3 is 0 Å². The minimum Gasteiger partial charge on any atom is -0.255 e. The van der Waals surface area contributed by atoms with Crippen molar-refractivity contribution in [2.45, 2.75) is 0 Å². The van der Waals surface area contributed by atoms with E-state index in [9.17, 15) is 0 Å². The van der Waals surface area contributed by atoms with Crippen molar-refractivity contribution >= 4 is 34.3 Å². The highest BCUT2D eigenvalue weighted by molar-refractivity contribution is 7.19. The highest BCUT2D eigenvalue weighted by atomic mass is 35.5. The Morgan fingerprint density at radius 3 is 2.41 bits per heavy atom. The number of rotatable bonds is 5. The monoisotopic (exact) mass is 390 g/mol. The largest absolute Gasteiger partial charge is 0.255 e. The quantitative estimate of drug-likeness (QED) is 0.337. The van der Waals surface area contributed by atoms with Gasteiger partial charge in [-0.1, -0.05) is 71.5 Å². The van der Waals surface area contributed by atoms with Crippen LogP contribution in [0.4, 0.5) is 5.13 Å². The molecule has 0 aliphatic carbocycles. The van der Waals surface area contributed by atoms with Crippen LogP contribution >= 0.6 is 22.9 Å². The molecule has 0 spiro atoms. The summed E-state index contributed by atoms with van der Waals surface area (Å²) in [6.07, 6.45) is 3.41. The molecule has 2 aromatic carbocycles. The van der Waals surface area contributed by atoms with Gasteiger partial charge in [-0.05, 0) is 29.8 Å². The first-order chi connectivity index (χ1) is 13.3. The van der Waals surface area contributed by atoms with E-state index in [0.717, 1.165) is 27.4 Å². The van der Waals surface area contributed by atoms with Crippen LogP contribution in [0, 0.1) is 0 Å². The zero-order valence-corrected chi connectivity index (χ0v) is 15.8. The van der Waals surface area contributed by atoms with Gasteiger partial charge in [-0.3, -0.25) is 10.4 Å². The van der Waals surface area contributed by atoms with Gasteiger partial charge in [0.15, 0.2) is 0 Å². The third kappa shape index (κ3) is 4.22. The molecule has 1 N–H and O–H groups in total. The maximum Gasteiger partial charge on any atom is 0.204 e. The maximum absolute atomic E-state index is 6.04. The number of anilines is 1. The first-order valence-corrected chi connectivity index (χ1v) is 9.51. The summed E-state index contributed by atoms with van der Waals surface area (Å²) < 4.78 is 0. The van der Waals surface area contributed by atoms with Gasteiger partial charge in [0.05, 0.1) is 22.5 Å². The smallest absolute Gasteiger partial charge is 0.204 e. The van der Waals surface area contributed by atoms with Gasteiger partial charge in [0.2, 0.25) is 5.13 Å². The van der Waals surface area contributed by atoms with E-state index < -0.39 is 0 Å². The number of hydrogen-bond acceptors (Lipinski definition) is 5. The standard InChI is InChI=1S/C21H15ClN4S/c22-17-11-9-16(10-12-17)20-19(15-6-2-1-3-7-15)25-21(27-20)26-24-14-18-8-4-5-13-23-18/h1-14H,(H,25,26)/b24-14+. The average Bonchev–Trinajstić information content (AvgIpc) is 3.14. The van der Waals surface area contributed by atoms with Crippen LogP contribution in [0.15, 0.2) is 84.1 Å². The fourth-order valence-electron chi connectivity index (χ4n) is 2.56. The lowest BCUT2D eigenvalue weighted by Crippen LogP contribution is -1.91. The van der Waals surface area contributed by atoms with E-state index in [4.69, 9.17) is 16.6 Å². The highest BCUT2D eigenvalue weighted by Gasteiger charge is 2.14. The van der Waals surface area contributed by atoms with Gasteiger partial charge in [0.25, 0.3) is 0 Å². The molecule has 0 atom stereocenters. The number of pyridine rings is 1. The fraction of sp³-hybridized carbons (Fsp3) is 0. The van der Waals surface area contributed by atoms with Gasteiger partial charge in [-0.2, -0.15) is 5.10 Å². The summed E-state index contributed by atoms with van der Waals surface area (Å²) >= 11 is 7.59. The molecule has 0 amide bonds. The summed E-state index contributed by atoms with van der Waals surface area (Å²) in [5.74, 6) is 0. The van der Waals surface area contributed by atoms with Crippen LogP contribution in [0.2, 0.25) is 5.02 Å². The number of hydrogen-bond donors (Lipinski definition) is 1. The van der Waals surface area contributed by atoms with E-state index in [1.165, 1.54) is 0 Å². The summed E-state index contributed by atoms with van der Waals surface area (Å²) in [5, 5.41) is 5.68. The topological polar surface area (TPSA) is 50.2 Å². The van der Waals surface area contributed by atoms with Crippen molar-refractivity contribution in [2.24, 2.45) is 5.10 Å². The highest BCUT2D eigenvalue weighted by Crippen LogP contribution is 2.39. The Bertz CT molecular complexity index is 1040. The van der Waals surface area contributed by atoms with Gasteiger partial charge in [-0.15, -0.1) is 0 Å². The van der Waals surface area contributed by atoms with Gasteiger partial charge >= 0.3 is 0 Å². The normalized spacial score (nSPS) is 11.0. The second-order valence-corrected chi connectivity index (χ2v) is 7.13. The Kier molecular flexibility index (Phi) is 5.23. The van der Waals surface area contributed by atoms with E-state index in [-0.39, 0.29) is 0 Å². The zero-order valence-electron chi connectivity index (χ0n) is 14.2. The van der Waals surface area contributed by atoms with E-state index in [2.05, 4.69) is 27.6 Å². The Morgan fingerprint density at radius 1 is 0.889 bits per heavy atom. The molecule has 6 heteroatoms. The molecule has 0 aliphatic rings. The lowest BCUT2D eigenvalue weighted by Gasteiger charge is -2.02. The number of aromatic nitrogens is 2. The van der Waals surface area contributed by atoms with E-state index in [0.29, 0.717) is 10.2 Å². The first-order valence-electron chi connectivity index (χ1n) is 8.32. The van der Waals surface area contributed by atoms with Crippen LogP contribution in [0.25, 0.3) is 21.7 Å². The predicted molar refractivity (Wildman–Crippen MR) is 113 cm³/mol. The molecule has 0 radical (unpaired) electrons. The third-order valence-corrected chi connectivity index (χ3v) is 5.09. The molecule has 27 heavy (non-hydrogen) atoms. The first kappa shape index (κ1) is 17.4. The molecule has 4 nitrogen and oxygen atoms in total.